The molecule has 0 aromatic heterocycles. The molecular formula is C9H13NO4S. The first-order valence-electron chi connectivity index (χ1n) is 4.15. The summed E-state index contributed by atoms with van der Waals surface area (Å²) in [6.45, 7) is 1.64. The minimum Gasteiger partial charge on any atom is -0.493 e. The van der Waals surface area contributed by atoms with Crippen molar-refractivity contribution in [2.75, 3.05) is 14.2 Å². The number of methoxy groups -OCH3 is 2. The number of benzene rings is 1. The average molecular weight is 231 g/mol. The van der Waals surface area contributed by atoms with Gasteiger partial charge in [-0.2, -0.15) is 0 Å². The van der Waals surface area contributed by atoms with Crippen molar-refractivity contribution in [3.05, 3.63) is 17.7 Å². The van der Waals surface area contributed by atoms with Crippen molar-refractivity contribution in [1.82, 2.24) is 0 Å². The molecule has 0 fully saturated rings. The van der Waals surface area contributed by atoms with Gasteiger partial charge in [0.25, 0.3) is 0 Å². The number of hydrogen-bond acceptors (Lipinski definition) is 4. The molecule has 0 radical (unpaired) electrons. The molecule has 0 unspecified atom stereocenters. The largest absolute Gasteiger partial charge is 0.493 e. The minimum atomic E-state index is -3.73. The van der Waals surface area contributed by atoms with E-state index in [-0.39, 0.29) is 4.90 Å². The van der Waals surface area contributed by atoms with E-state index in [9.17, 15) is 8.42 Å². The molecule has 0 saturated heterocycles. The maximum absolute atomic E-state index is 11.2. The number of ether oxygens (including phenoxy) is 2. The second kappa shape index (κ2) is 4.08. The fourth-order valence-electron chi connectivity index (χ4n) is 1.27. The Morgan fingerprint density at radius 1 is 1.13 bits per heavy atom. The number of sulfonamides is 1. The summed E-state index contributed by atoms with van der Waals surface area (Å²) in [7, 11) is -0.816. The smallest absolute Gasteiger partial charge is 0.238 e. The highest BCUT2D eigenvalue weighted by Gasteiger charge is 2.16. The van der Waals surface area contributed by atoms with Crippen LogP contribution in [-0.4, -0.2) is 22.6 Å². The lowest BCUT2D eigenvalue weighted by molar-refractivity contribution is 0.353. The lowest BCUT2D eigenvalue weighted by Gasteiger charge is -2.11. The van der Waals surface area contributed by atoms with Crippen molar-refractivity contribution in [2.45, 2.75) is 11.8 Å². The molecule has 2 N–H and O–H groups in total. The number of nitrogens with two attached hydrogens (primary N) is 1. The van der Waals surface area contributed by atoms with Crippen LogP contribution in [0.4, 0.5) is 0 Å². The third kappa shape index (κ3) is 2.40. The molecule has 1 aromatic carbocycles. The number of primary sulfonamides is 1. The SMILES string of the molecule is COc1cc(C)c(S(N)(=O)=O)cc1OC. The predicted molar refractivity (Wildman–Crippen MR) is 55.7 cm³/mol. The summed E-state index contributed by atoms with van der Waals surface area (Å²) < 4.78 is 32.4. The number of rotatable bonds is 3. The van der Waals surface area contributed by atoms with E-state index in [4.69, 9.17) is 14.6 Å². The van der Waals surface area contributed by atoms with Gasteiger partial charge in [-0.15, -0.1) is 0 Å². The maximum Gasteiger partial charge on any atom is 0.238 e. The lowest BCUT2D eigenvalue weighted by atomic mass is 10.2. The third-order valence-corrected chi connectivity index (χ3v) is 3.04. The van der Waals surface area contributed by atoms with Crippen LogP contribution in [-0.2, 0) is 10.0 Å². The zero-order valence-corrected chi connectivity index (χ0v) is 9.59. The maximum atomic E-state index is 11.2. The summed E-state index contributed by atoms with van der Waals surface area (Å²) in [5.74, 6) is 0.814. The molecular weight excluding hydrogens is 218 g/mol. The Balaban J connectivity index is 3.46. The van der Waals surface area contributed by atoms with E-state index >= 15 is 0 Å². The summed E-state index contributed by atoms with van der Waals surface area (Å²) in [5.41, 5.74) is 0.523. The molecule has 1 rings (SSSR count). The van der Waals surface area contributed by atoms with E-state index in [2.05, 4.69) is 0 Å². The van der Waals surface area contributed by atoms with Gasteiger partial charge < -0.3 is 9.47 Å². The molecule has 1 aromatic rings. The van der Waals surface area contributed by atoms with Gasteiger partial charge in [0.05, 0.1) is 19.1 Å². The van der Waals surface area contributed by atoms with Gasteiger partial charge in [0.2, 0.25) is 10.0 Å². The van der Waals surface area contributed by atoms with Gasteiger partial charge in [-0.25, -0.2) is 13.6 Å². The van der Waals surface area contributed by atoms with Crippen molar-refractivity contribution in [1.29, 1.82) is 0 Å². The minimum absolute atomic E-state index is 0.0418. The Kier molecular flexibility index (Phi) is 3.21. The van der Waals surface area contributed by atoms with Gasteiger partial charge in [-0.05, 0) is 18.6 Å². The summed E-state index contributed by atoms with van der Waals surface area (Å²) in [5, 5.41) is 5.05. The van der Waals surface area contributed by atoms with Crippen LogP contribution < -0.4 is 14.6 Å². The van der Waals surface area contributed by atoms with E-state index in [1.807, 2.05) is 0 Å². The number of aryl methyl sites for hydroxylation is 1. The summed E-state index contributed by atoms with van der Waals surface area (Å²) in [6.07, 6.45) is 0. The Bertz CT molecular complexity index is 467. The molecule has 0 atom stereocenters. The van der Waals surface area contributed by atoms with Crippen LogP contribution >= 0.6 is 0 Å². The van der Waals surface area contributed by atoms with Gasteiger partial charge in [0.15, 0.2) is 11.5 Å². The quantitative estimate of drug-likeness (QED) is 0.828. The fraction of sp³-hybridized carbons (Fsp3) is 0.333. The van der Waals surface area contributed by atoms with Crippen LogP contribution in [0.1, 0.15) is 5.56 Å². The molecule has 5 nitrogen and oxygen atoms in total. The van der Waals surface area contributed by atoms with Crippen LogP contribution in [0, 0.1) is 6.92 Å². The fourth-order valence-corrected chi connectivity index (χ4v) is 2.05. The highest BCUT2D eigenvalue weighted by Crippen LogP contribution is 2.31. The molecule has 84 valence electrons. The van der Waals surface area contributed by atoms with E-state index in [1.54, 1.807) is 13.0 Å². The molecule has 0 spiro atoms. The van der Waals surface area contributed by atoms with Crippen molar-refractivity contribution < 1.29 is 17.9 Å². The Morgan fingerprint density at radius 3 is 2.00 bits per heavy atom. The first kappa shape index (κ1) is 11.8. The summed E-state index contributed by atoms with van der Waals surface area (Å²) in [6, 6.07) is 2.92. The van der Waals surface area contributed by atoms with E-state index in [1.165, 1.54) is 20.3 Å². The third-order valence-electron chi connectivity index (χ3n) is 1.99. The Morgan fingerprint density at radius 2 is 1.60 bits per heavy atom. The number of hydrogen-bond donors (Lipinski definition) is 1. The van der Waals surface area contributed by atoms with Gasteiger partial charge in [0, 0.05) is 6.07 Å². The van der Waals surface area contributed by atoms with Gasteiger partial charge in [0.1, 0.15) is 0 Å². The van der Waals surface area contributed by atoms with E-state index < -0.39 is 10.0 Å². The molecule has 0 aliphatic carbocycles. The van der Waals surface area contributed by atoms with Crippen molar-refractivity contribution >= 4 is 10.0 Å². The van der Waals surface area contributed by atoms with E-state index in [0.29, 0.717) is 17.1 Å². The Labute approximate surface area is 88.9 Å². The first-order valence-corrected chi connectivity index (χ1v) is 5.70. The molecule has 0 aliphatic rings. The van der Waals surface area contributed by atoms with Crippen molar-refractivity contribution in [3.8, 4) is 11.5 Å². The second-order valence-corrected chi connectivity index (χ2v) is 4.55. The monoisotopic (exact) mass is 231 g/mol. The standard InChI is InChI=1S/C9H13NO4S/c1-6-4-7(13-2)8(14-3)5-9(6)15(10,11)12/h4-5H,1-3H3,(H2,10,11,12). The van der Waals surface area contributed by atoms with Gasteiger partial charge in [-0.3, -0.25) is 0 Å². The van der Waals surface area contributed by atoms with Crippen LogP contribution in [0.25, 0.3) is 0 Å². The van der Waals surface area contributed by atoms with Crippen LogP contribution in [0.3, 0.4) is 0 Å². The first-order chi connectivity index (χ1) is 6.90. The molecule has 0 saturated carbocycles. The molecule has 0 heterocycles. The molecule has 0 amide bonds. The Hall–Kier alpha value is -1.27. The van der Waals surface area contributed by atoms with Crippen LogP contribution in [0.5, 0.6) is 11.5 Å². The molecule has 0 bridgehead atoms. The van der Waals surface area contributed by atoms with Crippen LogP contribution in [0.2, 0.25) is 0 Å². The van der Waals surface area contributed by atoms with Gasteiger partial charge >= 0.3 is 0 Å². The molecule has 15 heavy (non-hydrogen) atoms. The topological polar surface area (TPSA) is 78.6 Å². The van der Waals surface area contributed by atoms with Crippen molar-refractivity contribution in [2.24, 2.45) is 5.14 Å². The summed E-state index contributed by atoms with van der Waals surface area (Å²) in [4.78, 5) is 0.0418. The molecule has 0 aliphatic heterocycles. The zero-order valence-electron chi connectivity index (χ0n) is 8.77. The highest BCUT2D eigenvalue weighted by atomic mass is 32.2. The predicted octanol–water partition coefficient (Wildman–Crippen LogP) is 0.660. The summed E-state index contributed by atoms with van der Waals surface area (Å²) >= 11 is 0. The van der Waals surface area contributed by atoms with E-state index in [0.717, 1.165) is 0 Å². The van der Waals surface area contributed by atoms with Crippen LogP contribution in [0.15, 0.2) is 17.0 Å². The normalized spacial score (nSPS) is 11.2. The average Bonchev–Trinajstić information content (AvgIpc) is 2.15. The molecule has 6 heteroatoms. The zero-order chi connectivity index (χ0) is 11.6. The van der Waals surface area contributed by atoms with Gasteiger partial charge in [-0.1, -0.05) is 0 Å². The lowest BCUT2D eigenvalue weighted by Crippen LogP contribution is -2.14. The highest BCUT2D eigenvalue weighted by molar-refractivity contribution is 7.89. The van der Waals surface area contributed by atoms with Crippen molar-refractivity contribution in [3.63, 3.8) is 0 Å². The second-order valence-electron chi connectivity index (χ2n) is 3.02.